The van der Waals surface area contributed by atoms with E-state index in [1.165, 1.54) is 0 Å². The third-order valence-corrected chi connectivity index (χ3v) is 5.30. The minimum Gasteiger partial charge on any atom is -0.496 e. The van der Waals surface area contributed by atoms with Crippen LogP contribution in [0.3, 0.4) is 0 Å². The molecule has 1 fully saturated rings. The molecule has 1 N–H and O–H groups in total. The number of ether oxygens (including phenoxy) is 1. The minimum absolute atomic E-state index is 0. The molecule has 2 atom stereocenters. The zero-order valence-corrected chi connectivity index (χ0v) is 15.9. The van der Waals surface area contributed by atoms with E-state index in [2.05, 4.69) is 10.3 Å². The van der Waals surface area contributed by atoms with Gasteiger partial charge in [-0.3, -0.25) is 4.79 Å². The number of nitrogens with one attached hydrogen (secondary N) is 1. The fourth-order valence-electron chi connectivity index (χ4n) is 3.84. The van der Waals surface area contributed by atoms with Gasteiger partial charge in [0.15, 0.2) is 11.4 Å². The lowest BCUT2D eigenvalue weighted by Gasteiger charge is -2.14. The summed E-state index contributed by atoms with van der Waals surface area (Å²) in [5.74, 6) is 0.806. The molecule has 27 heavy (non-hydrogen) atoms. The van der Waals surface area contributed by atoms with E-state index in [0.717, 1.165) is 41.5 Å². The van der Waals surface area contributed by atoms with Gasteiger partial charge in [0.05, 0.1) is 12.7 Å². The second kappa shape index (κ2) is 7.06. The number of methoxy groups -OCH3 is 1. The molecule has 1 unspecified atom stereocenters. The Kier molecular flexibility index (Phi) is 4.60. The van der Waals surface area contributed by atoms with Crippen molar-refractivity contribution in [3.05, 3.63) is 53.1 Å². The van der Waals surface area contributed by atoms with Crippen LogP contribution in [0, 0.1) is 19.8 Å². The van der Waals surface area contributed by atoms with Crippen LogP contribution in [-0.2, 0) is 0 Å². The van der Waals surface area contributed by atoms with Crippen molar-refractivity contribution in [2.24, 2.45) is 5.92 Å². The quantitative estimate of drug-likeness (QED) is 0.632. The summed E-state index contributed by atoms with van der Waals surface area (Å²) in [4.78, 5) is 17.5. The average Bonchev–Trinajstić information content (AvgIpc) is 3.27. The molecule has 5 heteroatoms. The van der Waals surface area contributed by atoms with Gasteiger partial charge in [-0.05, 0) is 68.5 Å². The first-order chi connectivity index (χ1) is 13.0. The number of rotatable bonds is 5. The van der Waals surface area contributed by atoms with Gasteiger partial charge in [-0.15, -0.1) is 0 Å². The van der Waals surface area contributed by atoms with Crippen LogP contribution in [0.1, 0.15) is 42.2 Å². The highest BCUT2D eigenvalue weighted by atomic mass is 16.5. The standard InChI is InChI=1S/C22H24N2O3.H2/c1-13-4-8-17(19(10-13)26-3)21(25)15-6-7-16(12-15)23-22-24-18-9-5-14(2)11-20(18)27-22;/h4-5,8-11,15-16H,6-7,12H2,1-3H3,(H,23,24);1H/t15?,16-;/m1./s1. The number of anilines is 1. The highest BCUT2D eigenvalue weighted by Gasteiger charge is 2.32. The molecule has 0 amide bonds. The highest BCUT2D eigenvalue weighted by Crippen LogP contribution is 2.33. The van der Waals surface area contributed by atoms with E-state index in [4.69, 9.17) is 9.15 Å². The first-order valence-electron chi connectivity index (χ1n) is 9.36. The number of benzene rings is 2. The summed E-state index contributed by atoms with van der Waals surface area (Å²) in [6.07, 6.45) is 2.54. The lowest BCUT2D eigenvalue weighted by molar-refractivity contribution is 0.0919. The first kappa shape index (κ1) is 17.6. The van der Waals surface area contributed by atoms with Crippen LogP contribution in [-0.4, -0.2) is 23.9 Å². The monoisotopic (exact) mass is 366 g/mol. The van der Waals surface area contributed by atoms with Crippen LogP contribution in [0.15, 0.2) is 40.8 Å². The number of nitrogens with zero attached hydrogens (tertiary/aromatic N) is 1. The number of aromatic nitrogens is 1. The third kappa shape index (κ3) is 3.54. The van der Waals surface area contributed by atoms with Crippen molar-refractivity contribution in [1.82, 2.24) is 4.98 Å². The Hall–Kier alpha value is -2.82. The van der Waals surface area contributed by atoms with E-state index in [1.54, 1.807) is 7.11 Å². The topological polar surface area (TPSA) is 64.4 Å². The van der Waals surface area contributed by atoms with Crippen LogP contribution >= 0.6 is 0 Å². The molecule has 1 saturated carbocycles. The van der Waals surface area contributed by atoms with Gasteiger partial charge in [-0.2, -0.15) is 4.98 Å². The molecule has 2 aromatic carbocycles. The molecule has 1 heterocycles. The molecule has 0 spiro atoms. The van der Waals surface area contributed by atoms with Crippen molar-refractivity contribution < 1.29 is 15.4 Å². The molecule has 0 saturated heterocycles. The Morgan fingerprint density at radius 3 is 2.78 bits per heavy atom. The van der Waals surface area contributed by atoms with Crippen LogP contribution in [0.25, 0.3) is 11.1 Å². The number of oxazole rings is 1. The minimum atomic E-state index is -0.00858. The van der Waals surface area contributed by atoms with Gasteiger partial charge in [0.1, 0.15) is 11.3 Å². The summed E-state index contributed by atoms with van der Waals surface area (Å²) in [5, 5.41) is 3.36. The normalized spacial score (nSPS) is 19.4. The molecule has 4 rings (SSSR count). The van der Waals surface area contributed by atoms with Gasteiger partial charge in [0.2, 0.25) is 0 Å². The van der Waals surface area contributed by atoms with E-state index in [-0.39, 0.29) is 19.2 Å². The molecule has 0 aliphatic heterocycles. The zero-order chi connectivity index (χ0) is 19.0. The van der Waals surface area contributed by atoms with E-state index >= 15 is 0 Å². The van der Waals surface area contributed by atoms with Crippen LogP contribution in [0.5, 0.6) is 5.75 Å². The lowest BCUT2D eigenvalue weighted by Crippen LogP contribution is -2.18. The Morgan fingerprint density at radius 1 is 1.19 bits per heavy atom. The van der Waals surface area contributed by atoms with Gasteiger partial charge in [0, 0.05) is 13.4 Å². The summed E-state index contributed by atoms with van der Waals surface area (Å²) in [6.45, 7) is 4.02. The average molecular weight is 366 g/mol. The number of fused-ring (bicyclic) bond motifs is 1. The number of carbonyl (C=O) groups is 1. The Labute approximate surface area is 160 Å². The molecule has 0 bridgehead atoms. The molecule has 1 aliphatic carbocycles. The van der Waals surface area contributed by atoms with Crippen molar-refractivity contribution in [3.63, 3.8) is 0 Å². The maximum atomic E-state index is 13.0. The van der Waals surface area contributed by atoms with Crippen molar-refractivity contribution in [2.75, 3.05) is 12.4 Å². The van der Waals surface area contributed by atoms with Crippen molar-refractivity contribution in [2.45, 2.75) is 39.2 Å². The van der Waals surface area contributed by atoms with E-state index in [0.29, 0.717) is 17.3 Å². The predicted octanol–water partition coefficient (Wildman–Crippen LogP) is 5.16. The lowest BCUT2D eigenvalue weighted by atomic mass is 9.94. The van der Waals surface area contributed by atoms with Gasteiger partial charge in [-0.25, -0.2) is 0 Å². The molecular weight excluding hydrogens is 340 g/mol. The van der Waals surface area contributed by atoms with Crippen molar-refractivity contribution >= 4 is 22.9 Å². The number of hydrogen-bond donors (Lipinski definition) is 1. The van der Waals surface area contributed by atoms with Crippen LogP contribution < -0.4 is 10.1 Å². The van der Waals surface area contributed by atoms with Crippen LogP contribution in [0.4, 0.5) is 6.01 Å². The summed E-state index contributed by atoms with van der Waals surface area (Å²) >= 11 is 0. The maximum Gasteiger partial charge on any atom is 0.295 e. The summed E-state index contributed by atoms with van der Waals surface area (Å²) in [6, 6.07) is 12.4. The fourth-order valence-corrected chi connectivity index (χ4v) is 3.84. The number of carbonyl (C=O) groups excluding carboxylic acids is 1. The molecule has 0 radical (unpaired) electrons. The number of aryl methyl sites for hydroxylation is 2. The molecule has 3 aromatic rings. The largest absolute Gasteiger partial charge is 0.496 e. The first-order valence-corrected chi connectivity index (χ1v) is 9.36. The van der Waals surface area contributed by atoms with Gasteiger partial charge < -0.3 is 14.5 Å². The SMILES string of the molecule is COc1cc(C)ccc1C(=O)C1CC[C@@H](Nc2nc3ccc(C)cc3o2)C1.[HH]. The van der Waals surface area contributed by atoms with E-state index in [1.807, 2.05) is 50.2 Å². The third-order valence-electron chi connectivity index (χ3n) is 5.30. The van der Waals surface area contributed by atoms with Crippen LogP contribution in [0.2, 0.25) is 0 Å². The van der Waals surface area contributed by atoms with Gasteiger partial charge >= 0.3 is 0 Å². The van der Waals surface area contributed by atoms with E-state index in [9.17, 15) is 4.79 Å². The molecule has 1 aromatic heterocycles. The number of hydrogen-bond acceptors (Lipinski definition) is 5. The number of Topliss-reactive ketones (excluding diaryl/α,β-unsaturated/α-hetero) is 1. The summed E-state index contributed by atoms with van der Waals surface area (Å²) < 4.78 is 11.2. The molecule has 5 nitrogen and oxygen atoms in total. The Bertz CT molecular complexity index is 999. The second-order valence-corrected chi connectivity index (χ2v) is 7.41. The highest BCUT2D eigenvalue weighted by molar-refractivity contribution is 6.00. The second-order valence-electron chi connectivity index (χ2n) is 7.41. The summed E-state index contributed by atoms with van der Waals surface area (Å²) in [7, 11) is 1.61. The maximum absolute atomic E-state index is 13.0. The fraction of sp³-hybridized carbons (Fsp3) is 0.364. The molecule has 1 aliphatic rings. The van der Waals surface area contributed by atoms with Gasteiger partial charge in [-0.1, -0.05) is 12.1 Å². The molecular formula is C22H26N2O3. The summed E-state index contributed by atoms with van der Waals surface area (Å²) in [5.41, 5.74) is 4.53. The van der Waals surface area contributed by atoms with Crippen molar-refractivity contribution in [3.8, 4) is 5.75 Å². The smallest absolute Gasteiger partial charge is 0.295 e. The van der Waals surface area contributed by atoms with E-state index < -0.39 is 0 Å². The predicted molar refractivity (Wildman–Crippen MR) is 108 cm³/mol. The zero-order valence-electron chi connectivity index (χ0n) is 15.9. The molecule has 142 valence electrons. The Balaban J connectivity index is 0.00000225. The van der Waals surface area contributed by atoms with Crippen molar-refractivity contribution in [1.29, 1.82) is 0 Å². The van der Waals surface area contributed by atoms with Gasteiger partial charge in [0.25, 0.3) is 6.01 Å². The Morgan fingerprint density at radius 2 is 1.96 bits per heavy atom. The number of ketones is 1.